The van der Waals surface area contributed by atoms with Gasteiger partial charge in [-0.05, 0) is 12.3 Å². The van der Waals surface area contributed by atoms with Crippen LogP contribution >= 0.6 is 0 Å². The standard InChI is InChI=1S/C11H19NO2/c1-5-10(14)12-6-9(8(2)13)11(3,4)7-12/h9H,5-7H2,1-4H3. The van der Waals surface area contributed by atoms with Crippen LogP contribution in [0.1, 0.15) is 34.1 Å². The lowest BCUT2D eigenvalue weighted by Gasteiger charge is -2.22. The summed E-state index contributed by atoms with van der Waals surface area (Å²) in [6, 6.07) is 0. The Labute approximate surface area is 85.5 Å². The zero-order valence-electron chi connectivity index (χ0n) is 9.46. The fourth-order valence-corrected chi connectivity index (χ4v) is 2.23. The third-order valence-electron chi connectivity index (χ3n) is 3.09. The molecule has 0 aliphatic carbocycles. The second kappa shape index (κ2) is 3.71. The molecule has 14 heavy (non-hydrogen) atoms. The number of rotatable bonds is 2. The first kappa shape index (κ1) is 11.2. The van der Waals surface area contributed by atoms with Crippen LogP contribution in [-0.2, 0) is 9.59 Å². The summed E-state index contributed by atoms with van der Waals surface area (Å²) >= 11 is 0. The van der Waals surface area contributed by atoms with Crippen molar-refractivity contribution in [3.63, 3.8) is 0 Å². The number of likely N-dealkylation sites (tertiary alicyclic amines) is 1. The van der Waals surface area contributed by atoms with E-state index >= 15 is 0 Å². The summed E-state index contributed by atoms with van der Waals surface area (Å²) in [6.07, 6.45) is 0.528. The highest BCUT2D eigenvalue weighted by molar-refractivity contribution is 5.82. The highest BCUT2D eigenvalue weighted by atomic mass is 16.2. The Balaban J connectivity index is 2.76. The van der Waals surface area contributed by atoms with Crippen molar-refractivity contribution in [1.29, 1.82) is 0 Å². The van der Waals surface area contributed by atoms with Crippen molar-refractivity contribution in [3.05, 3.63) is 0 Å². The molecule has 1 aliphatic heterocycles. The van der Waals surface area contributed by atoms with E-state index in [1.165, 1.54) is 0 Å². The molecule has 1 saturated heterocycles. The Bertz CT molecular complexity index is 258. The maximum Gasteiger partial charge on any atom is 0.222 e. The predicted octanol–water partition coefficient (Wildman–Crippen LogP) is 1.47. The number of ketones is 1. The van der Waals surface area contributed by atoms with E-state index in [-0.39, 0.29) is 23.0 Å². The summed E-state index contributed by atoms with van der Waals surface area (Å²) in [5, 5.41) is 0. The molecule has 3 nitrogen and oxygen atoms in total. The molecule has 0 saturated carbocycles. The summed E-state index contributed by atoms with van der Waals surface area (Å²) in [5.41, 5.74) is -0.0589. The summed E-state index contributed by atoms with van der Waals surface area (Å²) in [6.45, 7) is 8.91. The molecule has 3 heteroatoms. The maximum atomic E-state index is 11.5. The van der Waals surface area contributed by atoms with E-state index in [1.807, 2.05) is 11.8 Å². The van der Waals surface area contributed by atoms with Crippen LogP contribution in [0.4, 0.5) is 0 Å². The lowest BCUT2D eigenvalue weighted by atomic mass is 9.80. The van der Waals surface area contributed by atoms with Gasteiger partial charge in [-0.1, -0.05) is 20.8 Å². The van der Waals surface area contributed by atoms with Crippen LogP contribution in [0.5, 0.6) is 0 Å². The molecule has 1 aliphatic rings. The van der Waals surface area contributed by atoms with Crippen molar-refractivity contribution in [2.75, 3.05) is 13.1 Å². The SMILES string of the molecule is CCC(=O)N1CC(C(C)=O)C(C)(C)C1. The summed E-state index contributed by atoms with van der Waals surface area (Å²) in [5.74, 6) is 0.362. The fraction of sp³-hybridized carbons (Fsp3) is 0.818. The van der Waals surface area contributed by atoms with Gasteiger partial charge in [-0.15, -0.1) is 0 Å². The molecule has 1 atom stereocenters. The largest absolute Gasteiger partial charge is 0.341 e. The molecule has 0 bridgehead atoms. The Morgan fingerprint density at radius 1 is 1.43 bits per heavy atom. The zero-order valence-corrected chi connectivity index (χ0v) is 9.46. The highest BCUT2D eigenvalue weighted by Crippen LogP contribution is 2.35. The Kier molecular flexibility index (Phi) is 2.98. The van der Waals surface area contributed by atoms with E-state index in [1.54, 1.807) is 6.92 Å². The second-order valence-electron chi connectivity index (χ2n) is 4.78. The third-order valence-corrected chi connectivity index (χ3v) is 3.09. The molecular weight excluding hydrogens is 178 g/mol. The van der Waals surface area contributed by atoms with Gasteiger partial charge in [0, 0.05) is 25.4 Å². The van der Waals surface area contributed by atoms with Crippen molar-refractivity contribution < 1.29 is 9.59 Å². The molecule has 0 aromatic carbocycles. The van der Waals surface area contributed by atoms with E-state index in [2.05, 4.69) is 13.8 Å². The lowest BCUT2D eigenvalue weighted by Crippen LogP contribution is -2.29. The van der Waals surface area contributed by atoms with Gasteiger partial charge in [0.05, 0.1) is 0 Å². The Morgan fingerprint density at radius 3 is 2.36 bits per heavy atom. The molecule has 1 unspecified atom stereocenters. The third kappa shape index (κ3) is 1.97. The van der Waals surface area contributed by atoms with Gasteiger partial charge in [-0.3, -0.25) is 9.59 Å². The van der Waals surface area contributed by atoms with Crippen LogP contribution in [0.2, 0.25) is 0 Å². The van der Waals surface area contributed by atoms with Crippen molar-refractivity contribution in [3.8, 4) is 0 Å². The minimum Gasteiger partial charge on any atom is -0.341 e. The number of hydrogen-bond donors (Lipinski definition) is 0. The van der Waals surface area contributed by atoms with Gasteiger partial charge < -0.3 is 4.90 Å². The molecule has 0 N–H and O–H groups in total. The van der Waals surface area contributed by atoms with Crippen LogP contribution in [0, 0.1) is 11.3 Å². The first-order valence-corrected chi connectivity index (χ1v) is 5.16. The molecule has 0 aromatic heterocycles. The molecule has 1 amide bonds. The van der Waals surface area contributed by atoms with Crippen LogP contribution in [0.15, 0.2) is 0 Å². The number of carbonyl (C=O) groups is 2. The van der Waals surface area contributed by atoms with E-state index in [0.717, 1.165) is 0 Å². The molecule has 1 heterocycles. The quantitative estimate of drug-likeness (QED) is 0.672. The Hall–Kier alpha value is -0.860. The number of Topliss-reactive ketones (excluding diaryl/α,β-unsaturated/α-hetero) is 1. The van der Waals surface area contributed by atoms with Gasteiger partial charge in [0.2, 0.25) is 5.91 Å². The predicted molar refractivity (Wildman–Crippen MR) is 54.8 cm³/mol. The van der Waals surface area contributed by atoms with Gasteiger partial charge >= 0.3 is 0 Å². The first-order chi connectivity index (χ1) is 6.38. The monoisotopic (exact) mass is 197 g/mol. The lowest BCUT2D eigenvalue weighted by molar-refractivity contribution is -0.130. The molecule has 80 valence electrons. The van der Waals surface area contributed by atoms with E-state index in [0.29, 0.717) is 19.5 Å². The molecule has 1 rings (SSSR count). The van der Waals surface area contributed by atoms with Crippen molar-refractivity contribution in [1.82, 2.24) is 4.90 Å². The normalized spacial score (nSPS) is 25.1. The topological polar surface area (TPSA) is 37.4 Å². The molecule has 0 aromatic rings. The smallest absolute Gasteiger partial charge is 0.222 e. The summed E-state index contributed by atoms with van der Waals surface area (Å²) < 4.78 is 0. The van der Waals surface area contributed by atoms with Gasteiger partial charge in [-0.2, -0.15) is 0 Å². The molecular formula is C11H19NO2. The van der Waals surface area contributed by atoms with Crippen LogP contribution in [0.25, 0.3) is 0 Å². The Morgan fingerprint density at radius 2 is 2.00 bits per heavy atom. The number of carbonyl (C=O) groups excluding carboxylic acids is 2. The minimum atomic E-state index is -0.0589. The zero-order chi connectivity index (χ0) is 10.9. The van der Waals surface area contributed by atoms with Crippen molar-refractivity contribution >= 4 is 11.7 Å². The second-order valence-corrected chi connectivity index (χ2v) is 4.78. The molecule has 1 fully saturated rings. The van der Waals surface area contributed by atoms with Crippen LogP contribution in [0.3, 0.4) is 0 Å². The van der Waals surface area contributed by atoms with Gasteiger partial charge in [0.15, 0.2) is 0 Å². The van der Waals surface area contributed by atoms with Gasteiger partial charge in [-0.25, -0.2) is 0 Å². The van der Waals surface area contributed by atoms with E-state index < -0.39 is 0 Å². The highest BCUT2D eigenvalue weighted by Gasteiger charge is 2.42. The van der Waals surface area contributed by atoms with E-state index in [4.69, 9.17) is 0 Å². The average Bonchev–Trinajstić information content (AvgIpc) is 2.40. The van der Waals surface area contributed by atoms with Crippen molar-refractivity contribution in [2.45, 2.75) is 34.1 Å². The van der Waals surface area contributed by atoms with Gasteiger partial charge in [0.1, 0.15) is 5.78 Å². The number of amides is 1. The van der Waals surface area contributed by atoms with Crippen molar-refractivity contribution in [2.24, 2.45) is 11.3 Å². The first-order valence-electron chi connectivity index (χ1n) is 5.16. The summed E-state index contributed by atoms with van der Waals surface area (Å²) in [7, 11) is 0. The summed E-state index contributed by atoms with van der Waals surface area (Å²) in [4.78, 5) is 24.7. The average molecular weight is 197 g/mol. The number of hydrogen-bond acceptors (Lipinski definition) is 2. The maximum absolute atomic E-state index is 11.5. The van der Waals surface area contributed by atoms with Crippen LogP contribution in [-0.4, -0.2) is 29.7 Å². The molecule has 0 radical (unpaired) electrons. The fourth-order valence-electron chi connectivity index (χ4n) is 2.23. The number of nitrogens with zero attached hydrogens (tertiary/aromatic N) is 1. The van der Waals surface area contributed by atoms with E-state index in [9.17, 15) is 9.59 Å². The van der Waals surface area contributed by atoms with Gasteiger partial charge in [0.25, 0.3) is 0 Å². The minimum absolute atomic E-state index is 0.0120. The van der Waals surface area contributed by atoms with Crippen LogP contribution < -0.4 is 0 Å². The molecule has 0 spiro atoms.